The minimum Gasteiger partial charge on any atom is -0.497 e. The molecule has 0 aliphatic carbocycles. The lowest BCUT2D eigenvalue weighted by molar-refractivity contribution is -0.117. The highest BCUT2D eigenvalue weighted by Crippen LogP contribution is 2.17. The average Bonchev–Trinajstić information content (AvgIpc) is 2.80. The van der Waals surface area contributed by atoms with Crippen molar-refractivity contribution in [3.8, 4) is 17.6 Å². The molecule has 6 heteroatoms. The van der Waals surface area contributed by atoms with E-state index in [1.807, 2.05) is 18.2 Å². The van der Waals surface area contributed by atoms with E-state index in [1.54, 1.807) is 55.6 Å². The SMILES string of the molecule is COc1ccc(CNC(=O)/C(C#N)=C\c2ccc(OCc3cccc(F)c3)cc2)cc1. The zero-order valence-electron chi connectivity index (χ0n) is 17.0. The quantitative estimate of drug-likeness (QED) is 0.429. The van der Waals surface area contributed by atoms with Crippen LogP contribution in [0.25, 0.3) is 6.08 Å². The summed E-state index contributed by atoms with van der Waals surface area (Å²) in [6.07, 6.45) is 1.51. The number of ether oxygens (including phenoxy) is 2. The molecule has 0 bridgehead atoms. The van der Waals surface area contributed by atoms with Crippen LogP contribution in [0.15, 0.2) is 78.4 Å². The lowest BCUT2D eigenvalue weighted by Gasteiger charge is -2.07. The molecule has 0 saturated carbocycles. The molecule has 0 aliphatic rings. The number of halogens is 1. The Labute approximate surface area is 180 Å². The normalized spacial score (nSPS) is 10.8. The second-order valence-electron chi connectivity index (χ2n) is 6.69. The summed E-state index contributed by atoms with van der Waals surface area (Å²) in [7, 11) is 1.59. The summed E-state index contributed by atoms with van der Waals surface area (Å²) >= 11 is 0. The second kappa shape index (κ2) is 10.6. The summed E-state index contributed by atoms with van der Waals surface area (Å²) in [6.45, 7) is 0.541. The third kappa shape index (κ3) is 6.44. The van der Waals surface area contributed by atoms with Crippen LogP contribution in [-0.2, 0) is 17.9 Å². The third-order valence-electron chi connectivity index (χ3n) is 4.46. The van der Waals surface area contributed by atoms with E-state index in [9.17, 15) is 14.4 Å². The van der Waals surface area contributed by atoms with Crippen molar-refractivity contribution in [2.75, 3.05) is 7.11 Å². The zero-order chi connectivity index (χ0) is 22.1. The van der Waals surface area contributed by atoms with E-state index in [1.165, 1.54) is 18.2 Å². The van der Waals surface area contributed by atoms with Gasteiger partial charge in [0, 0.05) is 6.54 Å². The summed E-state index contributed by atoms with van der Waals surface area (Å²) < 4.78 is 24.0. The van der Waals surface area contributed by atoms with Crippen LogP contribution in [-0.4, -0.2) is 13.0 Å². The summed E-state index contributed by atoms with van der Waals surface area (Å²) in [5.41, 5.74) is 2.31. The van der Waals surface area contributed by atoms with Crippen LogP contribution in [0.5, 0.6) is 11.5 Å². The predicted octanol–water partition coefficient (Wildman–Crippen LogP) is 4.64. The minimum atomic E-state index is -0.454. The van der Waals surface area contributed by atoms with Crippen molar-refractivity contribution in [2.24, 2.45) is 0 Å². The van der Waals surface area contributed by atoms with Crippen molar-refractivity contribution in [3.63, 3.8) is 0 Å². The molecule has 0 radical (unpaired) electrons. The number of nitrogens with zero attached hydrogens (tertiary/aromatic N) is 1. The molecule has 0 aromatic heterocycles. The predicted molar refractivity (Wildman–Crippen MR) is 116 cm³/mol. The van der Waals surface area contributed by atoms with Gasteiger partial charge in [0.25, 0.3) is 5.91 Å². The number of benzene rings is 3. The van der Waals surface area contributed by atoms with Crippen molar-refractivity contribution in [1.82, 2.24) is 5.32 Å². The maximum absolute atomic E-state index is 13.2. The molecule has 0 saturated heterocycles. The number of carbonyl (C=O) groups is 1. The van der Waals surface area contributed by atoms with Crippen molar-refractivity contribution < 1.29 is 18.7 Å². The Kier molecular flexibility index (Phi) is 7.39. The van der Waals surface area contributed by atoms with Crippen molar-refractivity contribution in [3.05, 3.63) is 101 Å². The van der Waals surface area contributed by atoms with E-state index in [0.29, 0.717) is 17.9 Å². The first-order valence-electron chi connectivity index (χ1n) is 9.57. The van der Waals surface area contributed by atoms with Crippen LogP contribution in [0, 0.1) is 17.1 Å². The maximum Gasteiger partial charge on any atom is 0.262 e. The van der Waals surface area contributed by atoms with Gasteiger partial charge in [-0.05, 0) is 59.2 Å². The highest BCUT2D eigenvalue weighted by atomic mass is 19.1. The fraction of sp³-hybridized carbons (Fsp3) is 0.120. The molecular weight excluding hydrogens is 395 g/mol. The van der Waals surface area contributed by atoms with E-state index in [0.717, 1.165) is 16.9 Å². The number of nitriles is 1. The first-order chi connectivity index (χ1) is 15.1. The van der Waals surface area contributed by atoms with E-state index in [4.69, 9.17) is 9.47 Å². The van der Waals surface area contributed by atoms with Crippen LogP contribution >= 0.6 is 0 Å². The number of methoxy groups -OCH3 is 1. The number of hydrogen-bond acceptors (Lipinski definition) is 4. The molecule has 5 nitrogen and oxygen atoms in total. The highest BCUT2D eigenvalue weighted by molar-refractivity contribution is 6.01. The van der Waals surface area contributed by atoms with Gasteiger partial charge in [-0.2, -0.15) is 5.26 Å². The average molecular weight is 416 g/mol. The van der Waals surface area contributed by atoms with E-state index in [-0.39, 0.29) is 18.0 Å². The van der Waals surface area contributed by atoms with E-state index >= 15 is 0 Å². The Balaban J connectivity index is 1.57. The molecule has 0 unspecified atom stereocenters. The highest BCUT2D eigenvalue weighted by Gasteiger charge is 2.09. The van der Waals surface area contributed by atoms with Gasteiger partial charge in [0.2, 0.25) is 0 Å². The van der Waals surface area contributed by atoms with Gasteiger partial charge < -0.3 is 14.8 Å². The fourth-order valence-electron chi connectivity index (χ4n) is 2.79. The standard InChI is InChI=1S/C25H21FN2O3/c1-30-23-9-7-19(8-10-23)16-28-25(29)21(15-27)13-18-5-11-24(12-6-18)31-17-20-3-2-4-22(26)14-20/h2-14H,16-17H2,1H3,(H,28,29)/b21-13-. The summed E-state index contributed by atoms with van der Waals surface area (Å²) in [4.78, 5) is 12.3. The zero-order valence-corrected chi connectivity index (χ0v) is 17.0. The van der Waals surface area contributed by atoms with Gasteiger partial charge in [0.15, 0.2) is 0 Å². The Morgan fingerprint density at radius 3 is 2.39 bits per heavy atom. The van der Waals surface area contributed by atoms with E-state index in [2.05, 4.69) is 5.32 Å². The summed E-state index contributed by atoms with van der Waals surface area (Å²) in [5, 5.41) is 12.1. The smallest absolute Gasteiger partial charge is 0.262 e. The van der Waals surface area contributed by atoms with Crippen LogP contribution in [0.3, 0.4) is 0 Å². The van der Waals surface area contributed by atoms with Crippen molar-refractivity contribution in [1.29, 1.82) is 5.26 Å². The molecule has 0 aliphatic heterocycles. The Morgan fingerprint density at radius 1 is 1.03 bits per heavy atom. The van der Waals surface area contributed by atoms with Crippen molar-refractivity contribution in [2.45, 2.75) is 13.2 Å². The van der Waals surface area contributed by atoms with Gasteiger partial charge in [-0.15, -0.1) is 0 Å². The largest absolute Gasteiger partial charge is 0.497 e. The molecular formula is C25H21FN2O3. The molecule has 0 atom stereocenters. The minimum absolute atomic E-state index is 0.00180. The van der Waals surface area contributed by atoms with Gasteiger partial charge in [-0.1, -0.05) is 36.4 Å². The van der Waals surface area contributed by atoms with Gasteiger partial charge in [-0.3, -0.25) is 4.79 Å². The third-order valence-corrected chi connectivity index (χ3v) is 4.46. The lowest BCUT2D eigenvalue weighted by atomic mass is 10.1. The molecule has 3 rings (SSSR count). The van der Waals surface area contributed by atoms with E-state index < -0.39 is 5.91 Å². The molecule has 3 aromatic rings. The van der Waals surface area contributed by atoms with Gasteiger partial charge in [0.05, 0.1) is 7.11 Å². The van der Waals surface area contributed by atoms with Crippen LogP contribution in [0.1, 0.15) is 16.7 Å². The summed E-state index contributed by atoms with van der Waals surface area (Å²) in [5.74, 6) is 0.570. The summed E-state index contributed by atoms with van der Waals surface area (Å²) in [6, 6.07) is 22.4. The Morgan fingerprint density at radius 2 is 1.74 bits per heavy atom. The number of rotatable bonds is 8. The first-order valence-corrected chi connectivity index (χ1v) is 9.57. The molecule has 0 spiro atoms. The van der Waals surface area contributed by atoms with Crippen molar-refractivity contribution >= 4 is 12.0 Å². The molecule has 3 aromatic carbocycles. The molecule has 1 amide bonds. The second-order valence-corrected chi connectivity index (χ2v) is 6.69. The monoisotopic (exact) mass is 416 g/mol. The molecule has 1 N–H and O–H groups in total. The molecule has 0 fully saturated rings. The van der Waals surface area contributed by atoms with Crippen LogP contribution in [0.2, 0.25) is 0 Å². The first kappa shape index (κ1) is 21.6. The van der Waals surface area contributed by atoms with Gasteiger partial charge in [-0.25, -0.2) is 4.39 Å². The maximum atomic E-state index is 13.2. The molecule has 156 valence electrons. The van der Waals surface area contributed by atoms with Gasteiger partial charge >= 0.3 is 0 Å². The molecule has 31 heavy (non-hydrogen) atoms. The van der Waals surface area contributed by atoms with Crippen LogP contribution in [0.4, 0.5) is 4.39 Å². The van der Waals surface area contributed by atoms with Crippen LogP contribution < -0.4 is 14.8 Å². The number of carbonyl (C=O) groups excluding carboxylic acids is 1. The number of hydrogen-bond donors (Lipinski definition) is 1. The fourth-order valence-corrected chi connectivity index (χ4v) is 2.79. The number of amides is 1. The molecule has 0 heterocycles. The number of nitrogens with one attached hydrogen (secondary N) is 1. The lowest BCUT2D eigenvalue weighted by Crippen LogP contribution is -2.23. The Bertz CT molecular complexity index is 1100. The van der Waals surface area contributed by atoms with Gasteiger partial charge in [0.1, 0.15) is 35.6 Å². The Hall–Kier alpha value is -4.11. The topological polar surface area (TPSA) is 71.3 Å².